The van der Waals surface area contributed by atoms with Gasteiger partial charge in [-0.05, 0) is 44.4 Å². The third-order valence-corrected chi connectivity index (χ3v) is 7.57. The van der Waals surface area contributed by atoms with Crippen LogP contribution >= 0.6 is 0 Å². The first-order valence-corrected chi connectivity index (χ1v) is 11.1. The third kappa shape index (κ3) is 3.77. The molecule has 1 amide bonds. The van der Waals surface area contributed by atoms with Crippen LogP contribution in [0.15, 0.2) is 47.5 Å². The van der Waals surface area contributed by atoms with Gasteiger partial charge < -0.3 is 5.32 Å². The van der Waals surface area contributed by atoms with E-state index in [1.807, 2.05) is 44.2 Å². The molecule has 3 aromatic rings. The van der Waals surface area contributed by atoms with Gasteiger partial charge in [0.1, 0.15) is 0 Å². The second kappa shape index (κ2) is 7.61. The molecule has 1 aromatic heterocycles. The number of fused-ring (bicyclic) bond motifs is 1. The molecule has 4 rings (SSSR count). The Bertz CT molecular complexity index is 1160. The van der Waals surface area contributed by atoms with Crippen LogP contribution in [-0.4, -0.2) is 41.9 Å². The highest BCUT2D eigenvalue weighted by molar-refractivity contribution is 7.89. The highest BCUT2D eigenvalue weighted by Crippen LogP contribution is 2.28. The van der Waals surface area contributed by atoms with E-state index in [-0.39, 0.29) is 11.8 Å². The van der Waals surface area contributed by atoms with Crippen LogP contribution in [0.25, 0.3) is 10.9 Å². The van der Waals surface area contributed by atoms with E-state index in [9.17, 15) is 13.2 Å². The number of hydrogen-bond donors (Lipinski definition) is 2. The molecule has 0 aliphatic carbocycles. The minimum atomic E-state index is -3.55. The summed E-state index contributed by atoms with van der Waals surface area (Å²) in [4.78, 5) is 13.1. The lowest BCUT2D eigenvalue weighted by atomic mass is 9.97. The molecule has 1 fully saturated rings. The van der Waals surface area contributed by atoms with Gasteiger partial charge in [0.2, 0.25) is 15.9 Å². The van der Waals surface area contributed by atoms with Crippen LogP contribution in [0.2, 0.25) is 0 Å². The van der Waals surface area contributed by atoms with Gasteiger partial charge in [0.25, 0.3) is 0 Å². The summed E-state index contributed by atoms with van der Waals surface area (Å²) in [6, 6.07) is 11.0. The summed E-state index contributed by atoms with van der Waals surface area (Å²) in [5.74, 6) is -0.311. The maximum Gasteiger partial charge on any atom is 0.243 e. The SMILES string of the molecule is Cc1ccc(S(=O)(=O)N2CCC(C(=O)Nc3cccc4cn[nH]c34)CC2)c(C)c1. The number of nitrogens with one attached hydrogen (secondary N) is 2. The molecule has 0 spiro atoms. The Kier molecular flexibility index (Phi) is 5.14. The first-order chi connectivity index (χ1) is 13.9. The Morgan fingerprint density at radius 2 is 1.93 bits per heavy atom. The van der Waals surface area contributed by atoms with Crippen molar-refractivity contribution in [1.29, 1.82) is 0 Å². The second-order valence-corrected chi connectivity index (χ2v) is 9.48. The van der Waals surface area contributed by atoms with E-state index in [0.717, 1.165) is 22.0 Å². The molecule has 2 heterocycles. The van der Waals surface area contributed by atoms with E-state index >= 15 is 0 Å². The molecule has 0 bridgehead atoms. The van der Waals surface area contributed by atoms with Gasteiger partial charge in [-0.1, -0.05) is 29.8 Å². The zero-order valence-corrected chi connectivity index (χ0v) is 17.3. The number of carbonyl (C=O) groups excluding carboxylic acids is 1. The number of carbonyl (C=O) groups is 1. The Hall–Kier alpha value is -2.71. The van der Waals surface area contributed by atoms with Crippen molar-refractivity contribution < 1.29 is 13.2 Å². The van der Waals surface area contributed by atoms with Gasteiger partial charge in [-0.3, -0.25) is 9.89 Å². The van der Waals surface area contributed by atoms with Crippen molar-refractivity contribution in [2.24, 2.45) is 5.92 Å². The minimum absolute atomic E-state index is 0.0873. The molecule has 0 unspecified atom stereocenters. The quantitative estimate of drug-likeness (QED) is 0.688. The standard InChI is InChI=1S/C21H24N4O3S/c1-14-6-7-19(15(2)12-14)29(27,28)25-10-8-16(9-11-25)21(26)23-18-5-3-4-17-13-22-24-20(17)18/h3-7,12-13,16H,8-11H2,1-2H3,(H,22,24)(H,23,26). The number of benzene rings is 2. The molecule has 1 saturated heterocycles. The van der Waals surface area contributed by atoms with Crippen LogP contribution in [0.4, 0.5) is 5.69 Å². The Morgan fingerprint density at radius 1 is 1.17 bits per heavy atom. The summed E-state index contributed by atoms with van der Waals surface area (Å²) in [5.41, 5.74) is 3.26. The zero-order chi connectivity index (χ0) is 20.6. The molecule has 2 N–H and O–H groups in total. The summed E-state index contributed by atoms with van der Waals surface area (Å²) < 4.78 is 27.5. The van der Waals surface area contributed by atoms with E-state index in [2.05, 4.69) is 15.5 Å². The number of aryl methyl sites for hydroxylation is 2. The highest BCUT2D eigenvalue weighted by Gasteiger charge is 2.33. The lowest BCUT2D eigenvalue weighted by molar-refractivity contribution is -0.120. The average molecular weight is 413 g/mol. The first-order valence-electron chi connectivity index (χ1n) is 9.66. The molecule has 0 atom stereocenters. The molecular formula is C21H24N4O3S. The number of nitrogens with zero attached hydrogens (tertiary/aromatic N) is 2. The lowest BCUT2D eigenvalue weighted by Crippen LogP contribution is -2.41. The molecule has 152 valence electrons. The molecule has 1 aliphatic heterocycles. The predicted octanol–water partition coefficient (Wildman–Crippen LogP) is 3.22. The number of aromatic nitrogens is 2. The van der Waals surface area contributed by atoms with E-state index in [1.54, 1.807) is 12.3 Å². The fourth-order valence-corrected chi connectivity index (χ4v) is 5.57. The second-order valence-electron chi connectivity index (χ2n) is 7.58. The number of hydrogen-bond acceptors (Lipinski definition) is 4. The van der Waals surface area contributed by atoms with E-state index in [1.165, 1.54) is 4.31 Å². The number of piperidine rings is 1. The number of H-pyrrole nitrogens is 1. The van der Waals surface area contributed by atoms with Crippen molar-refractivity contribution >= 4 is 32.5 Å². The smallest absolute Gasteiger partial charge is 0.243 e. The first kappa shape index (κ1) is 19.6. The number of sulfonamides is 1. The summed E-state index contributed by atoms with van der Waals surface area (Å²) in [6.45, 7) is 4.43. The molecule has 7 nitrogen and oxygen atoms in total. The molecule has 8 heteroatoms. The van der Waals surface area contributed by atoms with Crippen LogP contribution in [0.3, 0.4) is 0 Å². The normalized spacial score (nSPS) is 16.2. The van der Waals surface area contributed by atoms with Crippen molar-refractivity contribution in [3.05, 3.63) is 53.7 Å². The summed E-state index contributed by atoms with van der Waals surface area (Å²) in [6.07, 6.45) is 2.70. The Balaban J connectivity index is 1.43. The van der Waals surface area contributed by atoms with Crippen molar-refractivity contribution in [3.8, 4) is 0 Å². The lowest BCUT2D eigenvalue weighted by Gasteiger charge is -2.31. The zero-order valence-electron chi connectivity index (χ0n) is 16.5. The van der Waals surface area contributed by atoms with Crippen LogP contribution in [0.5, 0.6) is 0 Å². The highest BCUT2D eigenvalue weighted by atomic mass is 32.2. The maximum absolute atomic E-state index is 13.0. The summed E-state index contributed by atoms with van der Waals surface area (Å²) in [5, 5.41) is 10.8. The van der Waals surface area contributed by atoms with Gasteiger partial charge in [0.15, 0.2) is 0 Å². The van der Waals surface area contributed by atoms with E-state index in [0.29, 0.717) is 36.5 Å². The van der Waals surface area contributed by atoms with Crippen molar-refractivity contribution in [2.45, 2.75) is 31.6 Å². The minimum Gasteiger partial charge on any atom is -0.324 e. The summed E-state index contributed by atoms with van der Waals surface area (Å²) in [7, 11) is -3.55. The van der Waals surface area contributed by atoms with Crippen LogP contribution in [-0.2, 0) is 14.8 Å². The number of anilines is 1. The van der Waals surface area contributed by atoms with Crippen molar-refractivity contribution in [2.75, 3.05) is 18.4 Å². The van der Waals surface area contributed by atoms with Gasteiger partial charge in [0, 0.05) is 24.4 Å². The van der Waals surface area contributed by atoms with Crippen LogP contribution in [0, 0.1) is 19.8 Å². The molecule has 29 heavy (non-hydrogen) atoms. The largest absolute Gasteiger partial charge is 0.324 e. The third-order valence-electron chi connectivity index (χ3n) is 5.51. The Labute approximate surface area is 170 Å². The van der Waals surface area contributed by atoms with Gasteiger partial charge in [-0.2, -0.15) is 9.40 Å². The fraction of sp³-hybridized carbons (Fsp3) is 0.333. The average Bonchev–Trinajstić information content (AvgIpc) is 3.17. The van der Waals surface area contributed by atoms with E-state index < -0.39 is 10.0 Å². The number of amides is 1. The molecule has 2 aromatic carbocycles. The van der Waals surface area contributed by atoms with Crippen molar-refractivity contribution in [1.82, 2.24) is 14.5 Å². The number of aromatic amines is 1. The topological polar surface area (TPSA) is 95.2 Å². The number of rotatable bonds is 4. The molecule has 1 aliphatic rings. The van der Waals surface area contributed by atoms with Crippen molar-refractivity contribution in [3.63, 3.8) is 0 Å². The van der Waals surface area contributed by atoms with E-state index in [4.69, 9.17) is 0 Å². The molecular weight excluding hydrogens is 388 g/mol. The van der Waals surface area contributed by atoms with Gasteiger partial charge in [0.05, 0.1) is 22.3 Å². The van der Waals surface area contributed by atoms with Crippen LogP contribution < -0.4 is 5.32 Å². The van der Waals surface area contributed by atoms with Gasteiger partial charge >= 0.3 is 0 Å². The number of para-hydroxylation sites is 1. The van der Waals surface area contributed by atoms with Crippen LogP contribution in [0.1, 0.15) is 24.0 Å². The molecule has 0 radical (unpaired) electrons. The maximum atomic E-state index is 13.0. The predicted molar refractivity (Wildman–Crippen MR) is 112 cm³/mol. The molecule has 0 saturated carbocycles. The van der Waals surface area contributed by atoms with Gasteiger partial charge in [-0.25, -0.2) is 8.42 Å². The monoisotopic (exact) mass is 412 g/mol. The Morgan fingerprint density at radius 3 is 2.66 bits per heavy atom. The fourth-order valence-electron chi connectivity index (χ4n) is 3.89. The summed E-state index contributed by atoms with van der Waals surface area (Å²) >= 11 is 0. The van der Waals surface area contributed by atoms with Gasteiger partial charge in [-0.15, -0.1) is 0 Å².